The Morgan fingerprint density at radius 1 is 1.00 bits per heavy atom. The molecule has 5 rings (SSSR count). The van der Waals surface area contributed by atoms with Crippen molar-refractivity contribution in [3.05, 3.63) is 62.5 Å². The van der Waals surface area contributed by atoms with Crippen LogP contribution in [0.2, 0.25) is 10.0 Å². The van der Waals surface area contributed by atoms with Crippen molar-refractivity contribution in [1.29, 1.82) is 0 Å². The normalized spacial score (nSPS) is 25.7. The lowest BCUT2D eigenvalue weighted by atomic mass is 9.97. The number of carbonyl (C=O) groups excluding carboxylic acids is 2. The van der Waals surface area contributed by atoms with Crippen molar-refractivity contribution in [1.82, 2.24) is 14.1 Å². The van der Waals surface area contributed by atoms with Gasteiger partial charge in [0.2, 0.25) is 21.8 Å². The highest BCUT2D eigenvalue weighted by Crippen LogP contribution is 2.37. The summed E-state index contributed by atoms with van der Waals surface area (Å²) >= 11 is 15.6. The SMILES string of the molecule is NC1CN(S(=O)(=O)c2ccc(Cl)cc2Cl)C2CN(C3CC3)C(=O)C(Cc3ccc(Br)cc3)N2C1=O. The average molecular weight is 602 g/mol. The van der Waals surface area contributed by atoms with E-state index in [4.69, 9.17) is 28.9 Å². The number of nitrogens with two attached hydrogens (primary N) is 1. The van der Waals surface area contributed by atoms with Crippen molar-refractivity contribution < 1.29 is 18.0 Å². The molecule has 2 aromatic carbocycles. The second kappa shape index (κ2) is 9.32. The fourth-order valence-corrected chi connectivity index (χ4v) is 7.41. The highest BCUT2D eigenvalue weighted by Gasteiger charge is 2.55. The molecule has 0 bridgehead atoms. The lowest BCUT2D eigenvalue weighted by Gasteiger charge is -2.53. The summed E-state index contributed by atoms with van der Waals surface area (Å²) < 4.78 is 29.7. The Morgan fingerprint density at radius 3 is 2.31 bits per heavy atom. The van der Waals surface area contributed by atoms with Crippen molar-refractivity contribution >= 4 is 61.0 Å². The number of rotatable bonds is 5. The van der Waals surface area contributed by atoms with Gasteiger partial charge in [-0.3, -0.25) is 9.59 Å². The zero-order chi connectivity index (χ0) is 25.1. The maximum Gasteiger partial charge on any atom is 0.246 e. The number of fused-ring (bicyclic) bond motifs is 1. The summed E-state index contributed by atoms with van der Waals surface area (Å²) in [6.07, 6.45) is 1.07. The Bertz CT molecular complexity index is 1290. The molecular formula is C23H23BrCl2N4O4S. The smallest absolute Gasteiger partial charge is 0.246 e. The lowest BCUT2D eigenvalue weighted by molar-refractivity contribution is -0.166. The van der Waals surface area contributed by atoms with Gasteiger partial charge in [0.25, 0.3) is 0 Å². The highest BCUT2D eigenvalue weighted by atomic mass is 79.9. The molecule has 1 saturated carbocycles. The number of benzene rings is 2. The van der Waals surface area contributed by atoms with Gasteiger partial charge in [-0.05, 0) is 48.7 Å². The maximum atomic E-state index is 13.8. The van der Waals surface area contributed by atoms with Crippen LogP contribution in [0.4, 0.5) is 0 Å². The Kier molecular flexibility index (Phi) is 6.65. The number of sulfonamides is 1. The van der Waals surface area contributed by atoms with Gasteiger partial charge in [-0.15, -0.1) is 0 Å². The minimum atomic E-state index is -4.16. The Balaban J connectivity index is 1.57. The van der Waals surface area contributed by atoms with Crippen LogP contribution in [0.1, 0.15) is 18.4 Å². The van der Waals surface area contributed by atoms with E-state index in [1.165, 1.54) is 27.4 Å². The summed E-state index contributed by atoms with van der Waals surface area (Å²) in [7, 11) is -4.16. The Morgan fingerprint density at radius 2 is 1.69 bits per heavy atom. The minimum absolute atomic E-state index is 0.0214. The van der Waals surface area contributed by atoms with Crippen LogP contribution in [0.15, 0.2) is 51.8 Å². The number of nitrogens with zero attached hydrogens (tertiary/aromatic N) is 3. The second-order valence-corrected chi connectivity index (χ2v) is 12.7. The number of halogens is 3. The van der Waals surface area contributed by atoms with Crippen LogP contribution in [0.5, 0.6) is 0 Å². The first kappa shape index (κ1) is 25.0. The third-order valence-electron chi connectivity index (χ3n) is 6.68. The van der Waals surface area contributed by atoms with Gasteiger partial charge < -0.3 is 15.5 Å². The van der Waals surface area contributed by atoms with E-state index in [-0.39, 0.29) is 41.4 Å². The van der Waals surface area contributed by atoms with E-state index in [1.807, 2.05) is 24.3 Å². The molecule has 2 N–H and O–H groups in total. The summed E-state index contributed by atoms with van der Waals surface area (Å²) in [5.74, 6) is -0.620. The van der Waals surface area contributed by atoms with Gasteiger partial charge in [-0.2, -0.15) is 4.31 Å². The first-order chi connectivity index (χ1) is 16.6. The zero-order valence-corrected chi connectivity index (χ0v) is 22.4. The molecule has 35 heavy (non-hydrogen) atoms. The van der Waals surface area contributed by atoms with Crippen molar-refractivity contribution in [2.45, 2.75) is 48.4 Å². The van der Waals surface area contributed by atoms with E-state index in [1.54, 1.807) is 4.90 Å². The molecule has 2 aromatic rings. The van der Waals surface area contributed by atoms with Gasteiger partial charge in [0, 0.05) is 28.5 Å². The molecule has 3 fully saturated rings. The van der Waals surface area contributed by atoms with Crippen LogP contribution in [0.3, 0.4) is 0 Å². The molecule has 3 atom stereocenters. The van der Waals surface area contributed by atoms with Crippen molar-refractivity contribution in [2.24, 2.45) is 5.73 Å². The van der Waals surface area contributed by atoms with Crippen LogP contribution >= 0.6 is 39.1 Å². The van der Waals surface area contributed by atoms with E-state index in [0.29, 0.717) is 5.02 Å². The molecule has 12 heteroatoms. The lowest BCUT2D eigenvalue weighted by Crippen LogP contribution is -2.75. The van der Waals surface area contributed by atoms with Crippen molar-refractivity contribution in [3.8, 4) is 0 Å². The molecule has 0 radical (unpaired) electrons. The second-order valence-electron chi connectivity index (χ2n) is 9.05. The fourth-order valence-electron chi connectivity index (χ4n) is 4.80. The number of hydrogen-bond donors (Lipinski definition) is 1. The molecule has 2 heterocycles. The van der Waals surface area contributed by atoms with E-state index >= 15 is 0 Å². The first-order valence-corrected chi connectivity index (χ1v) is 14.2. The van der Waals surface area contributed by atoms with E-state index in [0.717, 1.165) is 22.9 Å². The standard InChI is InChI=1S/C23H23BrCl2N4O4S/c24-14-3-1-13(2-4-14)9-19-23(32)28(16-6-7-16)12-21-29(11-18(27)22(31)30(19)21)35(33,34)20-8-5-15(25)10-17(20)26/h1-5,8,10,16,18-19,21H,6-7,9,11-12,27H2. The molecule has 1 aliphatic carbocycles. The van der Waals surface area contributed by atoms with Crippen LogP contribution in [0.25, 0.3) is 0 Å². The van der Waals surface area contributed by atoms with Crippen molar-refractivity contribution in [2.75, 3.05) is 13.1 Å². The summed E-state index contributed by atoms with van der Waals surface area (Å²) in [5, 5.41) is 0.283. The fraction of sp³-hybridized carbons (Fsp3) is 0.391. The highest BCUT2D eigenvalue weighted by molar-refractivity contribution is 9.10. The summed E-state index contributed by atoms with van der Waals surface area (Å²) in [6, 6.07) is 9.70. The molecule has 186 valence electrons. The van der Waals surface area contributed by atoms with Gasteiger partial charge in [0.15, 0.2) is 0 Å². The number of amides is 2. The molecule has 2 aliphatic heterocycles. The van der Waals surface area contributed by atoms with Gasteiger partial charge in [0.05, 0.1) is 17.6 Å². The molecule has 2 amide bonds. The van der Waals surface area contributed by atoms with Crippen LogP contribution in [0, 0.1) is 0 Å². The van der Waals surface area contributed by atoms with Crippen LogP contribution < -0.4 is 5.73 Å². The van der Waals surface area contributed by atoms with Crippen LogP contribution in [-0.4, -0.2) is 71.7 Å². The third kappa shape index (κ3) is 4.60. The van der Waals surface area contributed by atoms with Gasteiger partial charge in [0.1, 0.15) is 17.1 Å². The number of hydrogen-bond acceptors (Lipinski definition) is 5. The Hall–Kier alpha value is -1.69. The van der Waals surface area contributed by atoms with Gasteiger partial charge in [-0.25, -0.2) is 8.42 Å². The average Bonchev–Trinajstić information content (AvgIpc) is 3.64. The predicted octanol–water partition coefficient (Wildman–Crippen LogP) is 2.86. The third-order valence-corrected chi connectivity index (χ3v) is 9.79. The molecule has 8 nitrogen and oxygen atoms in total. The largest absolute Gasteiger partial charge is 0.334 e. The number of piperazine rings is 1. The molecule has 3 aliphatic rings. The van der Waals surface area contributed by atoms with E-state index in [9.17, 15) is 18.0 Å². The quantitative estimate of drug-likeness (QED) is 0.568. The first-order valence-electron chi connectivity index (χ1n) is 11.2. The summed E-state index contributed by atoms with van der Waals surface area (Å²) in [5.41, 5.74) is 7.01. The number of carbonyl (C=O) groups is 2. The molecular weight excluding hydrogens is 579 g/mol. The Labute approximate surface area is 222 Å². The predicted molar refractivity (Wildman–Crippen MR) is 135 cm³/mol. The maximum absolute atomic E-state index is 13.8. The van der Waals surface area contributed by atoms with E-state index in [2.05, 4.69) is 15.9 Å². The molecule has 0 spiro atoms. The van der Waals surface area contributed by atoms with Gasteiger partial charge >= 0.3 is 0 Å². The minimum Gasteiger partial charge on any atom is -0.334 e. The molecule has 2 saturated heterocycles. The summed E-state index contributed by atoms with van der Waals surface area (Å²) in [6.45, 7) is -0.123. The monoisotopic (exact) mass is 600 g/mol. The molecule has 0 aromatic heterocycles. The topological polar surface area (TPSA) is 104 Å². The van der Waals surface area contributed by atoms with Crippen molar-refractivity contribution in [3.63, 3.8) is 0 Å². The molecule has 3 unspecified atom stereocenters. The van der Waals surface area contributed by atoms with Gasteiger partial charge in [-0.1, -0.05) is 51.3 Å². The van der Waals surface area contributed by atoms with Crippen LogP contribution in [-0.2, 0) is 26.0 Å². The summed E-state index contributed by atoms with van der Waals surface area (Å²) in [4.78, 5) is 29.9. The van der Waals surface area contributed by atoms with E-state index < -0.39 is 34.2 Å². The zero-order valence-electron chi connectivity index (χ0n) is 18.5.